The number of hydrogen-bond acceptors (Lipinski definition) is 8. The maximum Gasteiger partial charge on any atom is 0.233 e. The number of ketones is 1. The summed E-state index contributed by atoms with van der Waals surface area (Å²) in [6.45, 7) is 9.48. The van der Waals surface area contributed by atoms with E-state index in [0.29, 0.717) is 23.4 Å². The molecule has 0 aliphatic carbocycles. The second-order valence-electron chi connectivity index (χ2n) is 7.98. The van der Waals surface area contributed by atoms with Gasteiger partial charge in [0.15, 0.2) is 5.78 Å². The largest absolute Gasteiger partial charge is 0.347 e. The monoisotopic (exact) mass is 474 g/mol. The molecular formula is C22H30N6O2S2. The molecule has 10 heteroatoms. The summed E-state index contributed by atoms with van der Waals surface area (Å²) in [7, 11) is 1.99. The van der Waals surface area contributed by atoms with Gasteiger partial charge in [-0.1, -0.05) is 55.6 Å². The molecule has 0 saturated carbocycles. The first-order valence-electron chi connectivity index (χ1n) is 10.5. The molecule has 172 valence electrons. The number of benzene rings is 1. The Kier molecular flexibility index (Phi) is 7.55. The molecule has 1 aromatic heterocycles. The molecule has 0 fully saturated rings. The number of nitrogens with two attached hydrogens (primary N) is 1. The number of thioether (sulfide) groups is 2. The molecule has 0 spiro atoms. The number of nitrogen functional groups attached to an aromatic ring is 1. The highest BCUT2D eigenvalue weighted by Gasteiger charge is 2.38. The van der Waals surface area contributed by atoms with Crippen LogP contribution in [0.2, 0.25) is 0 Å². The number of fused-ring (bicyclic) bond motifs is 1. The number of allylic oxidation sites excluding steroid dienone is 2. The number of rotatable bonds is 9. The van der Waals surface area contributed by atoms with Gasteiger partial charge in [0, 0.05) is 43.0 Å². The van der Waals surface area contributed by atoms with Gasteiger partial charge >= 0.3 is 0 Å². The van der Waals surface area contributed by atoms with Gasteiger partial charge in [-0.2, -0.15) is 0 Å². The molecule has 0 bridgehead atoms. The Morgan fingerprint density at radius 3 is 2.28 bits per heavy atom. The van der Waals surface area contributed by atoms with Crippen LogP contribution in [0.4, 0.5) is 5.69 Å². The zero-order valence-corrected chi connectivity index (χ0v) is 20.8. The SMILES string of the molecule is CCN(CC)C(=O)CSc1nnc(SCC(=O)/C=C2/N(C)c3ccccc3C2(C)C)n1N. The molecule has 1 aliphatic heterocycles. The van der Waals surface area contributed by atoms with Crippen molar-refractivity contribution in [3.63, 3.8) is 0 Å². The van der Waals surface area contributed by atoms with Gasteiger partial charge in [0.05, 0.1) is 11.5 Å². The van der Waals surface area contributed by atoms with Crippen molar-refractivity contribution in [3.05, 3.63) is 41.6 Å². The summed E-state index contributed by atoms with van der Waals surface area (Å²) in [4.78, 5) is 28.8. The van der Waals surface area contributed by atoms with Gasteiger partial charge in [-0.3, -0.25) is 9.59 Å². The molecule has 0 atom stereocenters. The molecule has 0 radical (unpaired) electrons. The number of carbonyl (C=O) groups is 2. The number of para-hydroxylation sites is 1. The first kappa shape index (κ1) is 24.2. The second kappa shape index (κ2) is 9.99. The minimum atomic E-state index is -0.249. The van der Waals surface area contributed by atoms with Crippen molar-refractivity contribution < 1.29 is 9.59 Å². The van der Waals surface area contributed by atoms with Crippen molar-refractivity contribution in [2.24, 2.45) is 0 Å². The van der Waals surface area contributed by atoms with Gasteiger partial charge in [0.25, 0.3) is 0 Å². The lowest BCUT2D eigenvalue weighted by molar-refractivity contribution is -0.128. The highest BCUT2D eigenvalue weighted by Crippen LogP contribution is 2.46. The van der Waals surface area contributed by atoms with Crippen LogP contribution in [-0.4, -0.2) is 63.1 Å². The van der Waals surface area contributed by atoms with Crippen LogP contribution >= 0.6 is 23.5 Å². The van der Waals surface area contributed by atoms with E-state index in [9.17, 15) is 9.59 Å². The maximum absolute atomic E-state index is 12.8. The number of aromatic nitrogens is 3. The van der Waals surface area contributed by atoms with Crippen LogP contribution in [0, 0.1) is 0 Å². The molecule has 0 saturated heterocycles. The fourth-order valence-electron chi connectivity index (χ4n) is 3.84. The third kappa shape index (κ3) is 4.80. The van der Waals surface area contributed by atoms with Crippen LogP contribution in [-0.2, 0) is 15.0 Å². The number of likely N-dealkylation sites (N-methyl/N-ethyl adjacent to an activating group) is 1. The summed E-state index contributed by atoms with van der Waals surface area (Å²) in [5, 5.41) is 9.04. The van der Waals surface area contributed by atoms with Crippen molar-refractivity contribution in [1.82, 2.24) is 19.8 Å². The summed E-state index contributed by atoms with van der Waals surface area (Å²) < 4.78 is 1.34. The standard InChI is InChI=1S/C22H30N6O2S2/c1-6-27(7-2)19(30)14-32-21-25-24-20(28(21)23)31-13-15(29)12-18-22(3,4)16-10-8-9-11-17(16)26(18)5/h8-12H,6-7,13-14,23H2,1-5H3/b18-12+. The van der Waals surface area contributed by atoms with Gasteiger partial charge in [-0.25, -0.2) is 4.68 Å². The Bertz CT molecular complexity index is 1030. The Morgan fingerprint density at radius 2 is 1.69 bits per heavy atom. The average Bonchev–Trinajstić information content (AvgIpc) is 3.22. The van der Waals surface area contributed by atoms with E-state index >= 15 is 0 Å². The molecule has 0 unspecified atom stereocenters. The molecule has 1 aromatic carbocycles. The van der Waals surface area contributed by atoms with Crippen LogP contribution < -0.4 is 10.7 Å². The lowest BCUT2D eigenvalue weighted by Crippen LogP contribution is -2.32. The van der Waals surface area contributed by atoms with E-state index in [2.05, 4.69) is 41.1 Å². The summed E-state index contributed by atoms with van der Waals surface area (Å²) in [5.74, 6) is 6.54. The molecule has 32 heavy (non-hydrogen) atoms. The lowest BCUT2D eigenvalue weighted by Gasteiger charge is -2.23. The zero-order valence-electron chi connectivity index (χ0n) is 19.2. The van der Waals surface area contributed by atoms with Crippen LogP contribution in [0.5, 0.6) is 0 Å². The summed E-state index contributed by atoms with van der Waals surface area (Å²) in [6, 6.07) is 8.20. The molecule has 2 heterocycles. The quantitative estimate of drug-likeness (QED) is 0.337. The fourth-order valence-corrected chi connectivity index (χ4v) is 5.34. The van der Waals surface area contributed by atoms with E-state index in [1.54, 1.807) is 11.0 Å². The van der Waals surface area contributed by atoms with Crippen molar-refractivity contribution in [2.45, 2.75) is 43.4 Å². The zero-order chi connectivity index (χ0) is 23.5. The Hall–Kier alpha value is -2.46. The van der Waals surface area contributed by atoms with E-state index in [1.807, 2.05) is 33.0 Å². The Morgan fingerprint density at radius 1 is 1.09 bits per heavy atom. The number of carbonyl (C=O) groups excluding carboxylic acids is 2. The number of hydrogen-bond donors (Lipinski definition) is 1. The van der Waals surface area contributed by atoms with Crippen LogP contribution in [0.25, 0.3) is 0 Å². The van der Waals surface area contributed by atoms with E-state index in [4.69, 9.17) is 5.84 Å². The van der Waals surface area contributed by atoms with E-state index < -0.39 is 0 Å². The predicted octanol–water partition coefficient (Wildman–Crippen LogP) is 2.93. The molecule has 2 N–H and O–H groups in total. The van der Waals surface area contributed by atoms with Crippen molar-refractivity contribution >= 4 is 40.9 Å². The summed E-state index contributed by atoms with van der Waals surface area (Å²) in [5.41, 5.74) is 3.04. The van der Waals surface area contributed by atoms with E-state index in [0.717, 1.165) is 11.4 Å². The Balaban J connectivity index is 1.62. The molecule has 2 aromatic rings. The van der Waals surface area contributed by atoms with Crippen molar-refractivity contribution in [2.75, 3.05) is 42.4 Å². The molecule has 8 nitrogen and oxygen atoms in total. The van der Waals surface area contributed by atoms with Crippen molar-refractivity contribution in [3.8, 4) is 0 Å². The average molecular weight is 475 g/mol. The normalized spacial score (nSPS) is 15.8. The van der Waals surface area contributed by atoms with Crippen molar-refractivity contribution in [1.29, 1.82) is 0 Å². The molecular weight excluding hydrogens is 444 g/mol. The minimum absolute atomic E-state index is 0.0216. The molecule has 1 aliphatic rings. The number of anilines is 1. The lowest BCUT2D eigenvalue weighted by atomic mass is 9.83. The fraction of sp³-hybridized carbons (Fsp3) is 0.455. The number of nitrogens with zero attached hydrogens (tertiary/aromatic N) is 5. The predicted molar refractivity (Wildman–Crippen MR) is 131 cm³/mol. The van der Waals surface area contributed by atoms with Crippen LogP contribution in [0.1, 0.15) is 33.3 Å². The molecule has 1 amide bonds. The van der Waals surface area contributed by atoms with Gasteiger partial charge in [0.2, 0.25) is 16.2 Å². The van der Waals surface area contributed by atoms with Gasteiger partial charge in [0.1, 0.15) is 0 Å². The first-order valence-corrected chi connectivity index (χ1v) is 12.5. The van der Waals surface area contributed by atoms with E-state index in [1.165, 1.54) is 33.8 Å². The first-order chi connectivity index (χ1) is 15.2. The third-order valence-corrected chi connectivity index (χ3v) is 7.55. The van der Waals surface area contributed by atoms with Gasteiger partial charge < -0.3 is 15.6 Å². The molecule has 3 rings (SSSR count). The summed E-state index contributed by atoms with van der Waals surface area (Å²) >= 11 is 2.48. The van der Waals surface area contributed by atoms with E-state index in [-0.39, 0.29) is 28.6 Å². The van der Waals surface area contributed by atoms with Gasteiger partial charge in [-0.15, -0.1) is 10.2 Å². The van der Waals surface area contributed by atoms with Crippen LogP contribution in [0.3, 0.4) is 0 Å². The number of amides is 1. The highest BCUT2D eigenvalue weighted by atomic mass is 32.2. The summed E-state index contributed by atoms with van der Waals surface area (Å²) in [6.07, 6.45) is 1.71. The van der Waals surface area contributed by atoms with Crippen LogP contribution in [0.15, 0.2) is 46.4 Å². The minimum Gasteiger partial charge on any atom is -0.347 e. The topological polar surface area (TPSA) is 97.4 Å². The second-order valence-corrected chi connectivity index (χ2v) is 9.86. The Labute approximate surface area is 197 Å². The highest BCUT2D eigenvalue weighted by molar-refractivity contribution is 8.00. The third-order valence-electron chi connectivity index (χ3n) is 5.66. The maximum atomic E-state index is 12.8. The smallest absolute Gasteiger partial charge is 0.233 e. The van der Waals surface area contributed by atoms with Gasteiger partial charge in [-0.05, 0) is 25.5 Å².